The second-order valence-electron chi connectivity index (χ2n) is 5.31. The molecule has 0 aliphatic carbocycles. The number of ether oxygens (including phenoxy) is 2. The van der Waals surface area contributed by atoms with Crippen LogP contribution in [0.1, 0.15) is 16.8 Å². The van der Waals surface area contributed by atoms with E-state index in [1.807, 2.05) is 18.3 Å². The highest BCUT2D eigenvalue weighted by molar-refractivity contribution is 5.48. The molecule has 0 fully saturated rings. The molecule has 0 saturated heterocycles. The summed E-state index contributed by atoms with van der Waals surface area (Å²) in [6, 6.07) is 6.03. The molecule has 6 nitrogen and oxygen atoms in total. The maximum atomic E-state index is 5.64. The zero-order chi connectivity index (χ0) is 14.2. The van der Waals surface area contributed by atoms with E-state index in [2.05, 4.69) is 20.9 Å². The Morgan fingerprint density at radius 2 is 2.24 bits per heavy atom. The molecule has 3 heterocycles. The summed E-state index contributed by atoms with van der Waals surface area (Å²) in [6.07, 6.45) is 2.73. The molecule has 0 amide bonds. The van der Waals surface area contributed by atoms with E-state index in [1.54, 1.807) is 0 Å². The van der Waals surface area contributed by atoms with Crippen molar-refractivity contribution < 1.29 is 9.47 Å². The standard InChI is InChI=1S/C15H16N4O2/c16-15-17-6-11-8-19(5-4-12(11)18-15)7-10-2-1-3-13-14(10)21-9-20-13/h1-3,6H,4-5,7-9H2,(H2,16,17,18). The van der Waals surface area contributed by atoms with E-state index in [0.29, 0.717) is 12.7 Å². The van der Waals surface area contributed by atoms with Gasteiger partial charge in [-0.05, 0) is 6.07 Å². The molecule has 4 rings (SSSR count). The first kappa shape index (κ1) is 12.4. The molecule has 1 aromatic carbocycles. The van der Waals surface area contributed by atoms with Crippen LogP contribution in [-0.4, -0.2) is 28.2 Å². The molecule has 2 N–H and O–H groups in total. The second kappa shape index (κ2) is 4.89. The number of rotatable bonds is 2. The van der Waals surface area contributed by atoms with Crippen LogP contribution in [-0.2, 0) is 19.5 Å². The maximum absolute atomic E-state index is 5.64. The molecule has 0 spiro atoms. The lowest BCUT2D eigenvalue weighted by Gasteiger charge is -2.28. The maximum Gasteiger partial charge on any atom is 0.231 e. The van der Waals surface area contributed by atoms with Crippen LogP contribution < -0.4 is 15.2 Å². The zero-order valence-electron chi connectivity index (χ0n) is 11.6. The average Bonchev–Trinajstić information content (AvgIpc) is 2.97. The van der Waals surface area contributed by atoms with Gasteiger partial charge in [-0.15, -0.1) is 0 Å². The van der Waals surface area contributed by atoms with Gasteiger partial charge in [-0.3, -0.25) is 4.90 Å². The molecular formula is C15H16N4O2. The molecule has 2 aliphatic rings. The average molecular weight is 284 g/mol. The van der Waals surface area contributed by atoms with E-state index in [4.69, 9.17) is 15.2 Å². The van der Waals surface area contributed by atoms with Crippen molar-refractivity contribution in [1.82, 2.24) is 14.9 Å². The first-order valence-electron chi connectivity index (χ1n) is 7.00. The third kappa shape index (κ3) is 2.27. The number of nitrogen functional groups attached to an aromatic ring is 1. The van der Waals surface area contributed by atoms with Crippen LogP contribution in [0.5, 0.6) is 11.5 Å². The molecule has 2 aliphatic heterocycles. The predicted molar refractivity (Wildman–Crippen MR) is 76.8 cm³/mol. The Bertz CT molecular complexity index is 689. The Morgan fingerprint density at radius 3 is 3.19 bits per heavy atom. The summed E-state index contributed by atoms with van der Waals surface area (Å²) in [5.41, 5.74) is 9.01. The molecule has 0 radical (unpaired) electrons. The first-order valence-corrected chi connectivity index (χ1v) is 7.00. The number of para-hydroxylation sites is 1. The molecule has 2 aromatic rings. The van der Waals surface area contributed by atoms with Gasteiger partial charge in [0.05, 0.1) is 5.69 Å². The van der Waals surface area contributed by atoms with Gasteiger partial charge in [0.1, 0.15) is 0 Å². The van der Waals surface area contributed by atoms with Crippen LogP contribution in [0, 0.1) is 0 Å². The van der Waals surface area contributed by atoms with Gasteiger partial charge in [0.25, 0.3) is 0 Å². The van der Waals surface area contributed by atoms with Crippen LogP contribution in [0.25, 0.3) is 0 Å². The predicted octanol–water partition coefficient (Wildman–Crippen LogP) is 1.35. The van der Waals surface area contributed by atoms with Gasteiger partial charge < -0.3 is 15.2 Å². The summed E-state index contributed by atoms with van der Waals surface area (Å²) in [4.78, 5) is 10.8. The largest absolute Gasteiger partial charge is 0.454 e. The summed E-state index contributed by atoms with van der Waals surface area (Å²) in [5.74, 6) is 2.06. The number of aromatic nitrogens is 2. The van der Waals surface area contributed by atoms with E-state index in [-0.39, 0.29) is 0 Å². The van der Waals surface area contributed by atoms with Crippen molar-refractivity contribution >= 4 is 5.95 Å². The summed E-state index contributed by atoms with van der Waals surface area (Å²) in [5, 5.41) is 0. The number of hydrogen-bond acceptors (Lipinski definition) is 6. The highest BCUT2D eigenvalue weighted by Gasteiger charge is 2.22. The highest BCUT2D eigenvalue weighted by atomic mass is 16.7. The monoisotopic (exact) mass is 284 g/mol. The minimum absolute atomic E-state index is 0.308. The lowest BCUT2D eigenvalue weighted by Crippen LogP contribution is -2.31. The number of hydrogen-bond donors (Lipinski definition) is 1. The molecule has 0 saturated carbocycles. The number of anilines is 1. The Hall–Kier alpha value is -2.34. The summed E-state index contributed by atoms with van der Waals surface area (Å²) in [6.45, 7) is 2.92. The zero-order valence-corrected chi connectivity index (χ0v) is 11.6. The molecule has 108 valence electrons. The van der Waals surface area contributed by atoms with Crippen LogP contribution in [0.4, 0.5) is 5.95 Å². The van der Waals surface area contributed by atoms with E-state index in [0.717, 1.165) is 54.4 Å². The minimum Gasteiger partial charge on any atom is -0.454 e. The fraction of sp³-hybridized carbons (Fsp3) is 0.333. The second-order valence-corrected chi connectivity index (χ2v) is 5.31. The molecule has 0 bridgehead atoms. The molecule has 1 aromatic heterocycles. The van der Waals surface area contributed by atoms with E-state index in [1.165, 1.54) is 0 Å². The number of benzene rings is 1. The lowest BCUT2D eigenvalue weighted by molar-refractivity contribution is 0.171. The van der Waals surface area contributed by atoms with Gasteiger partial charge >= 0.3 is 0 Å². The van der Waals surface area contributed by atoms with Crippen LogP contribution >= 0.6 is 0 Å². The van der Waals surface area contributed by atoms with E-state index in [9.17, 15) is 0 Å². The van der Waals surface area contributed by atoms with Crippen molar-refractivity contribution in [2.24, 2.45) is 0 Å². The molecule has 0 unspecified atom stereocenters. The van der Waals surface area contributed by atoms with Gasteiger partial charge in [0, 0.05) is 43.4 Å². The Labute approximate surface area is 122 Å². The fourth-order valence-electron chi connectivity index (χ4n) is 2.88. The minimum atomic E-state index is 0.308. The highest BCUT2D eigenvalue weighted by Crippen LogP contribution is 2.36. The normalized spacial score (nSPS) is 16.8. The Kier molecular flexibility index (Phi) is 2.89. The summed E-state index contributed by atoms with van der Waals surface area (Å²) >= 11 is 0. The summed E-state index contributed by atoms with van der Waals surface area (Å²) in [7, 11) is 0. The number of fused-ring (bicyclic) bond motifs is 2. The van der Waals surface area contributed by atoms with Crippen molar-refractivity contribution in [1.29, 1.82) is 0 Å². The topological polar surface area (TPSA) is 73.5 Å². The van der Waals surface area contributed by atoms with Crippen molar-refractivity contribution in [3.8, 4) is 11.5 Å². The third-order valence-electron chi connectivity index (χ3n) is 3.90. The fourth-order valence-corrected chi connectivity index (χ4v) is 2.88. The van der Waals surface area contributed by atoms with E-state index >= 15 is 0 Å². The van der Waals surface area contributed by atoms with Crippen LogP contribution in [0.3, 0.4) is 0 Å². The lowest BCUT2D eigenvalue weighted by atomic mass is 10.1. The van der Waals surface area contributed by atoms with Crippen molar-refractivity contribution in [3.05, 3.63) is 41.2 Å². The quantitative estimate of drug-likeness (QED) is 0.897. The smallest absolute Gasteiger partial charge is 0.231 e. The van der Waals surface area contributed by atoms with Crippen molar-refractivity contribution in [2.45, 2.75) is 19.5 Å². The first-order chi connectivity index (χ1) is 10.3. The molecular weight excluding hydrogens is 268 g/mol. The van der Waals surface area contributed by atoms with Crippen LogP contribution in [0.15, 0.2) is 24.4 Å². The van der Waals surface area contributed by atoms with E-state index < -0.39 is 0 Å². The van der Waals surface area contributed by atoms with Gasteiger partial charge in [0.2, 0.25) is 12.7 Å². The SMILES string of the molecule is Nc1ncc2c(n1)CCN(Cc1cccc3c1OCO3)C2. The number of nitrogens with two attached hydrogens (primary N) is 1. The van der Waals surface area contributed by atoms with Gasteiger partial charge in [-0.2, -0.15) is 0 Å². The van der Waals surface area contributed by atoms with Gasteiger partial charge in [-0.25, -0.2) is 9.97 Å². The molecule has 6 heteroatoms. The third-order valence-corrected chi connectivity index (χ3v) is 3.90. The van der Waals surface area contributed by atoms with Gasteiger partial charge in [-0.1, -0.05) is 12.1 Å². The van der Waals surface area contributed by atoms with Crippen molar-refractivity contribution in [3.63, 3.8) is 0 Å². The molecule has 21 heavy (non-hydrogen) atoms. The molecule has 0 atom stereocenters. The Balaban J connectivity index is 1.54. The number of nitrogens with zero attached hydrogens (tertiary/aromatic N) is 3. The van der Waals surface area contributed by atoms with Crippen molar-refractivity contribution in [2.75, 3.05) is 19.1 Å². The van der Waals surface area contributed by atoms with Crippen LogP contribution in [0.2, 0.25) is 0 Å². The summed E-state index contributed by atoms with van der Waals surface area (Å²) < 4.78 is 11.0. The Morgan fingerprint density at radius 1 is 1.29 bits per heavy atom. The van der Waals surface area contributed by atoms with Gasteiger partial charge in [0.15, 0.2) is 11.5 Å².